The molecule has 3 atom stereocenters. The van der Waals surface area contributed by atoms with E-state index < -0.39 is 66.6 Å². The molecule has 0 rings (SSSR count). The molecule has 3 unspecified atom stereocenters. The van der Waals surface area contributed by atoms with E-state index in [1.54, 1.807) is 13.8 Å². The third-order valence-corrected chi connectivity index (χ3v) is 4.36. The quantitative estimate of drug-likeness (QED) is 0.193. The van der Waals surface area contributed by atoms with E-state index in [4.69, 9.17) is 11.5 Å². The van der Waals surface area contributed by atoms with Gasteiger partial charge in [0.2, 0.25) is 23.6 Å². The second kappa shape index (κ2) is 12.9. The smallest absolute Gasteiger partial charge is 0.326 e. The second-order valence-corrected chi connectivity index (χ2v) is 7.39. The maximum absolute atomic E-state index is 12.5. The highest BCUT2D eigenvalue weighted by molar-refractivity contribution is 7.98. The van der Waals surface area contributed by atoms with E-state index in [1.807, 2.05) is 6.26 Å². The minimum atomic E-state index is -1.30. The van der Waals surface area contributed by atoms with Gasteiger partial charge < -0.3 is 32.5 Å². The van der Waals surface area contributed by atoms with Crippen LogP contribution < -0.4 is 27.4 Å². The number of rotatable bonds is 13. The first-order chi connectivity index (χ1) is 13.0. The van der Waals surface area contributed by atoms with Crippen LogP contribution in [0.4, 0.5) is 0 Å². The van der Waals surface area contributed by atoms with Crippen molar-refractivity contribution in [3.63, 3.8) is 0 Å². The number of thioether (sulfide) groups is 1. The number of hydrogen-bond donors (Lipinski definition) is 6. The molecule has 8 N–H and O–H groups in total. The Morgan fingerprint density at radius 1 is 1.00 bits per heavy atom. The molecule has 0 heterocycles. The number of nitrogens with one attached hydrogen (secondary N) is 3. The topological polar surface area (TPSA) is 194 Å². The molecule has 0 aromatic heterocycles. The largest absolute Gasteiger partial charge is 0.480 e. The number of aliphatic carboxylic acids is 1. The van der Waals surface area contributed by atoms with Crippen LogP contribution in [0.25, 0.3) is 0 Å². The third kappa shape index (κ3) is 9.55. The Morgan fingerprint density at radius 3 is 2.04 bits per heavy atom. The van der Waals surface area contributed by atoms with Crippen LogP contribution in [0.15, 0.2) is 0 Å². The number of amides is 4. The van der Waals surface area contributed by atoms with Crippen LogP contribution in [-0.2, 0) is 24.0 Å². The molecule has 28 heavy (non-hydrogen) atoms. The van der Waals surface area contributed by atoms with Crippen molar-refractivity contribution in [3.8, 4) is 0 Å². The Hall–Kier alpha value is -2.34. The highest BCUT2D eigenvalue weighted by Crippen LogP contribution is 2.07. The van der Waals surface area contributed by atoms with Crippen LogP contribution in [0.1, 0.15) is 26.7 Å². The summed E-state index contributed by atoms with van der Waals surface area (Å²) in [5.41, 5.74) is 10.3. The fraction of sp³-hybridized carbons (Fsp3) is 0.688. The highest BCUT2D eigenvalue weighted by atomic mass is 32.2. The average Bonchev–Trinajstić information content (AvgIpc) is 2.60. The Kier molecular flexibility index (Phi) is 11.9. The lowest BCUT2D eigenvalue weighted by Crippen LogP contribution is -2.58. The van der Waals surface area contributed by atoms with Gasteiger partial charge >= 0.3 is 5.97 Å². The Labute approximate surface area is 167 Å². The van der Waals surface area contributed by atoms with Crippen molar-refractivity contribution in [1.29, 1.82) is 0 Å². The summed E-state index contributed by atoms with van der Waals surface area (Å²) < 4.78 is 0. The monoisotopic (exact) mass is 419 g/mol. The molecule has 0 saturated heterocycles. The molecule has 11 nitrogen and oxygen atoms in total. The zero-order valence-corrected chi connectivity index (χ0v) is 17.0. The van der Waals surface area contributed by atoms with Crippen molar-refractivity contribution in [1.82, 2.24) is 16.0 Å². The molecule has 0 saturated carbocycles. The van der Waals surface area contributed by atoms with Crippen LogP contribution in [0, 0.1) is 5.92 Å². The molecule has 0 aliphatic carbocycles. The van der Waals surface area contributed by atoms with Gasteiger partial charge in [0.25, 0.3) is 0 Å². The van der Waals surface area contributed by atoms with Crippen molar-refractivity contribution in [2.24, 2.45) is 17.4 Å². The molecule has 0 fully saturated rings. The predicted molar refractivity (Wildman–Crippen MR) is 104 cm³/mol. The van der Waals surface area contributed by atoms with E-state index in [0.717, 1.165) is 0 Å². The lowest BCUT2D eigenvalue weighted by molar-refractivity contribution is -0.142. The fourth-order valence-corrected chi connectivity index (χ4v) is 2.68. The zero-order chi connectivity index (χ0) is 21.9. The summed E-state index contributed by atoms with van der Waals surface area (Å²) in [6.45, 7) is 2.92. The number of carboxylic acids is 1. The van der Waals surface area contributed by atoms with Crippen molar-refractivity contribution in [2.75, 3.05) is 18.6 Å². The van der Waals surface area contributed by atoms with Crippen LogP contribution in [0.3, 0.4) is 0 Å². The summed E-state index contributed by atoms with van der Waals surface area (Å²) in [6.07, 6.45) is 1.56. The van der Waals surface area contributed by atoms with Gasteiger partial charge in [0.1, 0.15) is 18.1 Å². The van der Waals surface area contributed by atoms with E-state index >= 15 is 0 Å². The SMILES string of the molecule is CSCCC(NC(=O)C(NC(=O)C(CC(N)=O)NC(=O)CN)C(C)C)C(=O)O. The molecule has 0 bridgehead atoms. The molecular formula is C16H29N5O6S. The van der Waals surface area contributed by atoms with Gasteiger partial charge in [0, 0.05) is 0 Å². The lowest BCUT2D eigenvalue weighted by Gasteiger charge is -2.26. The standard InChI is InChI=1S/C16H29N5O6S/c1-8(2)13(15(25)20-9(16(26)27)4-5-28-3)21-14(24)10(6-11(18)22)19-12(23)7-17/h8-10,13H,4-7,17H2,1-3H3,(H2,18,22)(H,19,23)(H,20,25)(H,21,24)(H,26,27). The molecule has 12 heteroatoms. The van der Waals surface area contributed by atoms with E-state index in [1.165, 1.54) is 11.8 Å². The van der Waals surface area contributed by atoms with Gasteiger partial charge in [-0.3, -0.25) is 19.2 Å². The third-order valence-electron chi connectivity index (χ3n) is 3.71. The predicted octanol–water partition coefficient (Wildman–Crippen LogP) is -2.23. The molecular weight excluding hydrogens is 390 g/mol. The second-order valence-electron chi connectivity index (χ2n) is 6.41. The molecule has 0 radical (unpaired) electrons. The maximum Gasteiger partial charge on any atom is 0.326 e. The molecule has 0 aromatic rings. The van der Waals surface area contributed by atoms with Crippen LogP contribution in [0.5, 0.6) is 0 Å². The first-order valence-electron chi connectivity index (χ1n) is 8.63. The van der Waals surface area contributed by atoms with Crippen molar-refractivity contribution in [3.05, 3.63) is 0 Å². The maximum atomic E-state index is 12.5. The normalized spacial score (nSPS) is 13.9. The van der Waals surface area contributed by atoms with Crippen LogP contribution >= 0.6 is 11.8 Å². The Bertz CT molecular complexity index is 586. The summed E-state index contributed by atoms with van der Waals surface area (Å²) in [5, 5.41) is 16.3. The molecule has 0 spiro atoms. The first-order valence-corrected chi connectivity index (χ1v) is 10.0. The van der Waals surface area contributed by atoms with Gasteiger partial charge in [-0.2, -0.15) is 11.8 Å². The molecule has 0 aromatic carbocycles. The van der Waals surface area contributed by atoms with Gasteiger partial charge in [-0.05, 0) is 24.3 Å². The summed E-state index contributed by atoms with van der Waals surface area (Å²) in [5.74, 6) is -4.02. The van der Waals surface area contributed by atoms with Crippen molar-refractivity contribution in [2.45, 2.75) is 44.8 Å². The van der Waals surface area contributed by atoms with Crippen LogP contribution in [0.2, 0.25) is 0 Å². The minimum Gasteiger partial charge on any atom is -0.480 e. The molecule has 160 valence electrons. The summed E-state index contributed by atoms with van der Waals surface area (Å²) >= 11 is 1.44. The van der Waals surface area contributed by atoms with Gasteiger partial charge in [-0.1, -0.05) is 13.8 Å². The molecule has 0 aliphatic rings. The van der Waals surface area contributed by atoms with E-state index in [-0.39, 0.29) is 6.42 Å². The van der Waals surface area contributed by atoms with Crippen LogP contribution in [-0.4, -0.2) is 71.4 Å². The van der Waals surface area contributed by atoms with Crippen molar-refractivity contribution >= 4 is 41.4 Å². The summed E-state index contributed by atoms with van der Waals surface area (Å²) in [6, 6.07) is -3.47. The van der Waals surface area contributed by atoms with Gasteiger partial charge in [0.05, 0.1) is 13.0 Å². The highest BCUT2D eigenvalue weighted by Gasteiger charge is 2.31. The summed E-state index contributed by atoms with van der Waals surface area (Å²) in [7, 11) is 0. The van der Waals surface area contributed by atoms with E-state index in [0.29, 0.717) is 5.75 Å². The number of carboxylic acid groups (broad SMARTS) is 1. The minimum absolute atomic E-state index is 0.220. The van der Waals surface area contributed by atoms with E-state index in [2.05, 4.69) is 16.0 Å². The Morgan fingerprint density at radius 2 is 1.61 bits per heavy atom. The lowest BCUT2D eigenvalue weighted by atomic mass is 10.0. The van der Waals surface area contributed by atoms with Crippen molar-refractivity contribution < 1.29 is 29.1 Å². The molecule has 4 amide bonds. The van der Waals surface area contributed by atoms with Gasteiger partial charge in [0.15, 0.2) is 0 Å². The van der Waals surface area contributed by atoms with E-state index in [9.17, 15) is 29.1 Å². The first kappa shape index (κ1) is 25.7. The Balaban J connectivity index is 5.25. The van der Waals surface area contributed by atoms with Gasteiger partial charge in [-0.15, -0.1) is 0 Å². The zero-order valence-electron chi connectivity index (χ0n) is 16.2. The average molecular weight is 420 g/mol. The number of primary amides is 1. The molecule has 0 aliphatic heterocycles. The van der Waals surface area contributed by atoms with Gasteiger partial charge in [-0.25, -0.2) is 4.79 Å². The fourth-order valence-electron chi connectivity index (χ4n) is 2.21. The number of carbonyl (C=O) groups is 5. The number of nitrogens with two attached hydrogens (primary N) is 2. The number of hydrogen-bond acceptors (Lipinski definition) is 7. The number of carbonyl (C=O) groups excluding carboxylic acids is 4. The summed E-state index contributed by atoms with van der Waals surface area (Å²) in [4.78, 5) is 59.0.